The molecule has 0 radical (unpaired) electrons. The van der Waals surface area contributed by atoms with Crippen LogP contribution in [-0.4, -0.2) is 37.9 Å². The number of carbonyl (C=O) groups excluding carboxylic acids is 1. The van der Waals surface area contributed by atoms with E-state index in [0.717, 1.165) is 0 Å². The van der Waals surface area contributed by atoms with Crippen molar-refractivity contribution in [1.82, 2.24) is 5.32 Å². The zero-order valence-electron chi connectivity index (χ0n) is 12.4. The first-order valence-electron chi connectivity index (χ1n) is 6.24. The third-order valence-electron chi connectivity index (χ3n) is 3.06. The summed E-state index contributed by atoms with van der Waals surface area (Å²) in [6.07, 6.45) is 0. The molecule has 0 aliphatic carbocycles. The fourth-order valence-electron chi connectivity index (χ4n) is 1.55. The maximum Gasteiger partial charge on any atom is 0.235 e. The van der Waals surface area contributed by atoms with E-state index in [1.165, 1.54) is 0 Å². The molecule has 1 amide bonds. The standard InChI is InChI=1S/C12H26N2O3S.ClH/c1-9(2)6-18(16,17)7-11(15)14-12(5,8-13)10(3)4;/h9-10H,6-8,13H2,1-5H3,(H,14,15);1H. The Labute approximate surface area is 123 Å². The molecule has 0 spiro atoms. The molecule has 5 nitrogen and oxygen atoms in total. The number of hydrogen-bond acceptors (Lipinski definition) is 4. The van der Waals surface area contributed by atoms with E-state index >= 15 is 0 Å². The Morgan fingerprint density at radius 2 is 1.74 bits per heavy atom. The van der Waals surface area contributed by atoms with Gasteiger partial charge in [0.1, 0.15) is 5.75 Å². The van der Waals surface area contributed by atoms with E-state index in [1.54, 1.807) is 0 Å². The Morgan fingerprint density at radius 3 is 2.05 bits per heavy atom. The van der Waals surface area contributed by atoms with Gasteiger partial charge in [-0.2, -0.15) is 0 Å². The van der Waals surface area contributed by atoms with E-state index in [4.69, 9.17) is 5.73 Å². The normalized spacial score (nSPS) is 14.9. The lowest BCUT2D eigenvalue weighted by Crippen LogP contribution is -2.56. The molecular formula is C12H27ClN2O3S. The van der Waals surface area contributed by atoms with Crippen LogP contribution in [0, 0.1) is 11.8 Å². The highest BCUT2D eigenvalue weighted by Gasteiger charge is 2.30. The molecule has 3 N–H and O–H groups in total. The van der Waals surface area contributed by atoms with Gasteiger partial charge in [0.25, 0.3) is 0 Å². The minimum Gasteiger partial charge on any atom is -0.349 e. The molecule has 0 aromatic carbocycles. The van der Waals surface area contributed by atoms with Gasteiger partial charge in [-0.1, -0.05) is 27.7 Å². The fourth-order valence-corrected chi connectivity index (χ4v) is 3.16. The topological polar surface area (TPSA) is 89.3 Å². The van der Waals surface area contributed by atoms with Gasteiger partial charge in [-0.3, -0.25) is 4.79 Å². The minimum atomic E-state index is -3.34. The summed E-state index contributed by atoms with van der Waals surface area (Å²) in [4.78, 5) is 11.8. The van der Waals surface area contributed by atoms with Crippen molar-refractivity contribution in [3.05, 3.63) is 0 Å². The summed E-state index contributed by atoms with van der Waals surface area (Å²) >= 11 is 0. The first-order valence-corrected chi connectivity index (χ1v) is 8.06. The lowest BCUT2D eigenvalue weighted by Gasteiger charge is -2.33. The summed E-state index contributed by atoms with van der Waals surface area (Å²) in [7, 11) is -3.34. The van der Waals surface area contributed by atoms with Crippen LogP contribution in [0.25, 0.3) is 0 Å². The third-order valence-corrected chi connectivity index (χ3v) is 4.94. The van der Waals surface area contributed by atoms with Gasteiger partial charge in [0, 0.05) is 6.54 Å². The van der Waals surface area contributed by atoms with Crippen molar-refractivity contribution in [3.8, 4) is 0 Å². The summed E-state index contributed by atoms with van der Waals surface area (Å²) in [6.45, 7) is 9.61. The molecule has 116 valence electrons. The number of halogens is 1. The summed E-state index contributed by atoms with van der Waals surface area (Å²) < 4.78 is 23.4. The summed E-state index contributed by atoms with van der Waals surface area (Å²) in [5.74, 6) is -0.750. The Balaban J connectivity index is 0. The van der Waals surface area contributed by atoms with E-state index < -0.39 is 27.0 Å². The molecule has 0 aromatic rings. The molecule has 0 fully saturated rings. The highest BCUT2D eigenvalue weighted by Crippen LogP contribution is 2.14. The van der Waals surface area contributed by atoms with Crippen LogP contribution >= 0.6 is 12.4 Å². The smallest absolute Gasteiger partial charge is 0.235 e. The van der Waals surface area contributed by atoms with Gasteiger partial charge in [0.05, 0.1) is 11.3 Å². The fraction of sp³-hybridized carbons (Fsp3) is 0.917. The van der Waals surface area contributed by atoms with Gasteiger partial charge in [0.2, 0.25) is 5.91 Å². The average Bonchev–Trinajstić information content (AvgIpc) is 2.13. The predicted octanol–water partition coefficient (Wildman–Crippen LogP) is 0.969. The Morgan fingerprint density at radius 1 is 1.26 bits per heavy atom. The highest BCUT2D eigenvalue weighted by molar-refractivity contribution is 7.92. The second-order valence-electron chi connectivity index (χ2n) is 5.77. The molecule has 19 heavy (non-hydrogen) atoms. The number of nitrogens with two attached hydrogens (primary N) is 1. The van der Waals surface area contributed by atoms with Crippen LogP contribution in [0.3, 0.4) is 0 Å². The maximum atomic E-state index is 11.8. The van der Waals surface area contributed by atoms with Crippen LogP contribution in [0.15, 0.2) is 0 Å². The summed E-state index contributed by atoms with van der Waals surface area (Å²) in [5, 5.41) is 2.73. The molecule has 0 aliphatic heterocycles. The maximum absolute atomic E-state index is 11.8. The Kier molecular flexibility index (Phi) is 8.91. The Bertz CT molecular complexity index is 382. The van der Waals surface area contributed by atoms with Crippen molar-refractivity contribution in [1.29, 1.82) is 0 Å². The minimum absolute atomic E-state index is 0. The second-order valence-corrected chi connectivity index (χ2v) is 7.88. The van der Waals surface area contributed by atoms with Crippen molar-refractivity contribution < 1.29 is 13.2 Å². The van der Waals surface area contributed by atoms with E-state index in [0.29, 0.717) is 0 Å². The van der Waals surface area contributed by atoms with E-state index in [1.807, 2.05) is 34.6 Å². The van der Waals surface area contributed by atoms with Crippen LogP contribution in [0.4, 0.5) is 0 Å². The summed E-state index contributed by atoms with van der Waals surface area (Å²) in [5.41, 5.74) is 5.07. The number of hydrogen-bond donors (Lipinski definition) is 2. The molecule has 0 rings (SSSR count). The lowest BCUT2D eigenvalue weighted by atomic mass is 9.88. The van der Waals surface area contributed by atoms with E-state index in [-0.39, 0.29) is 36.5 Å². The molecule has 7 heteroatoms. The molecule has 1 atom stereocenters. The summed E-state index contributed by atoms with van der Waals surface area (Å²) in [6, 6.07) is 0. The number of carbonyl (C=O) groups is 1. The number of amides is 1. The first kappa shape index (κ1) is 21.0. The quantitative estimate of drug-likeness (QED) is 0.732. The number of nitrogens with one attached hydrogen (secondary N) is 1. The van der Waals surface area contributed by atoms with Crippen LogP contribution in [0.5, 0.6) is 0 Å². The molecule has 1 unspecified atom stereocenters. The zero-order chi connectivity index (χ0) is 14.6. The molecule has 0 heterocycles. The zero-order valence-corrected chi connectivity index (χ0v) is 14.0. The van der Waals surface area contributed by atoms with Crippen LogP contribution in [0.2, 0.25) is 0 Å². The van der Waals surface area contributed by atoms with E-state index in [2.05, 4.69) is 5.32 Å². The Hall–Kier alpha value is -0.330. The first-order chi connectivity index (χ1) is 8.02. The van der Waals surface area contributed by atoms with Gasteiger partial charge in [0.15, 0.2) is 9.84 Å². The second kappa shape index (κ2) is 8.07. The van der Waals surface area contributed by atoms with Gasteiger partial charge in [-0.15, -0.1) is 12.4 Å². The van der Waals surface area contributed by atoms with E-state index in [9.17, 15) is 13.2 Å². The van der Waals surface area contributed by atoms with Crippen LogP contribution in [0.1, 0.15) is 34.6 Å². The van der Waals surface area contributed by atoms with Crippen molar-refractivity contribution in [3.63, 3.8) is 0 Å². The lowest BCUT2D eigenvalue weighted by molar-refractivity contribution is -0.120. The molecule has 0 saturated carbocycles. The van der Waals surface area contributed by atoms with Crippen LogP contribution < -0.4 is 11.1 Å². The van der Waals surface area contributed by atoms with Gasteiger partial charge in [-0.25, -0.2) is 8.42 Å². The van der Waals surface area contributed by atoms with Crippen molar-refractivity contribution in [2.24, 2.45) is 17.6 Å². The number of rotatable bonds is 7. The third kappa shape index (κ3) is 7.74. The molecule has 0 bridgehead atoms. The number of sulfone groups is 1. The van der Waals surface area contributed by atoms with Gasteiger partial charge < -0.3 is 11.1 Å². The molecule has 0 saturated heterocycles. The van der Waals surface area contributed by atoms with Gasteiger partial charge >= 0.3 is 0 Å². The van der Waals surface area contributed by atoms with Crippen molar-refractivity contribution >= 4 is 28.2 Å². The SMILES string of the molecule is CC(C)CS(=O)(=O)CC(=O)NC(C)(CN)C(C)C.Cl. The average molecular weight is 315 g/mol. The molecule has 0 aliphatic rings. The largest absolute Gasteiger partial charge is 0.349 e. The van der Waals surface area contributed by atoms with Gasteiger partial charge in [-0.05, 0) is 18.8 Å². The molecule has 0 aromatic heterocycles. The monoisotopic (exact) mass is 314 g/mol. The predicted molar refractivity (Wildman–Crippen MR) is 81.2 cm³/mol. The molecular weight excluding hydrogens is 288 g/mol. The highest BCUT2D eigenvalue weighted by atomic mass is 35.5. The van der Waals surface area contributed by atoms with Crippen molar-refractivity contribution in [2.75, 3.05) is 18.1 Å². The van der Waals surface area contributed by atoms with Crippen LogP contribution in [-0.2, 0) is 14.6 Å². The van der Waals surface area contributed by atoms with Crippen molar-refractivity contribution in [2.45, 2.75) is 40.2 Å².